The highest BCUT2D eigenvalue weighted by atomic mass is 16.5. The second kappa shape index (κ2) is 12.3. The molecule has 0 aromatic rings. The summed E-state index contributed by atoms with van der Waals surface area (Å²) in [5.74, 6) is 0. The average Bonchev–Trinajstić information content (AvgIpc) is 2.33. The van der Waals surface area contributed by atoms with Gasteiger partial charge in [0.2, 0.25) is 0 Å². The molecule has 0 aliphatic rings. The van der Waals surface area contributed by atoms with Gasteiger partial charge in [-0.15, -0.1) is 0 Å². The molecule has 0 fully saturated rings. The molecule has 1 atom stereocenters. The number of aliphatic hydroxyl groups excluding tert-OH is 1. The van der Waals surface area contributed by atoms with Gasteiger partial charge in [-0.3, -0.25) is 4.90 Å². The van der Waals surface area contributed by atoms with E-state index in [0.717, 1.165) is 26.1 Å². The smallest absolute Gasteiger partial charge is 0.0791 e. The van der Waals surface area contributed by atoms with E-state index in [1.165, 1.54) is 0 Å². The lowest BCUT2D eigenvalue weighted by Crippen LogP contribution is -2.41. The molecule has 0 amide bonds. The molecule has 0 aromatic heterocycles. The topological polar surface area (TPSA) is 54.0 Å². The molecular weight excluding hydrogens is 220 g/mol. The van der Waals surface area contributed by atoms with Crippen molar-refractivity contribution in [2.24, 2.45) is 0 Å². The van der Waals surface area contributed by atoms with Gasteiger partial charge in [0.25, 0.3) is 0 Å². The van der Waals surface area contributed by atoms with Crippen molar-refractivity contribution in [1.29, 1.82) is 0 Å². The molecule has 0 bridgehead atoms. The van der Waals surface area contributed by atoms with Crippen molar-refractivity contribution >= 4 is 0 Å². The van der Waals surface area contributed by atoms with Crippen molar-refractivity contribution in [3.63, 3.8) is 0 Å². The Morgan fingerprint density at radius 1 is 1.18 bits per heavy atom. The van der Waals surface area contributed by atoms with Crippen LogP contribution < -0.4 is 5.32 Å². The Labute approximate surface area is 105 Å². The first-order chi connectivity index (χ1) is 8.24. The van der Waals surface area contributed by atoms with Gasteiger partial charge in [-0.2, -0.15) is 0 Å². The molecule has 0 aromatic carbocycles. The molecule has 0 heterocycles. The zero-order valence-corrected chi connectivity index (χ0v) is 11.4. The van der Waals surface area contributed by atoms with Crippen LogP contribution in [0.5, 0.6) is 0 Å². The number of aliphatic hydroxyl groups is 1. The van der Waals surface area contributed by atoms with E-state index in [-0.39, 0.29) is 6.10 Å². The molecule has 0 aliphatic heterocycles. The van der Waals surface area contributed by atoms with Gasteiger partial charge in [0.15, 0.2) is 0 Å². The Morgan fingerprint density at radius 2 is 1.76 bits per heavy atom. The van der Waals surface area contributed by atoms with Gasteiger partial charge in [0.1, 0.15) is 0 Å². The van der Waals surface area contributed by atoms with Crippen molar-refractivity contribution in [2.75, 3.05) is 60.2 Å². The van der Waals surface area contributed by atoms with E-state index in [9.17, 15) is 5.11 Å². The van der Waals surface area contributed by atoms with Crippen LogP contribution in [0.15, 0.2) is 0 Å². The fourth-order valence-corrected chi connectivity index (χ4v) is 1.54. The molecule has 0 rings (SSSR count). The standard InChI is InChI=1S/C12H28N2O3/c1-4-5-13-10-12(15)11-14(6-8-16-2)7-9-17-3/h12-13,15H,4-11H2,1-3H3. The summed E-state index contributed by atoms with van der Waals surface area (Å²) in [6, 6.07) is 0. The summed E-state index contributed by atoms with van der Waals surface area (Å²) < 4.78 is 10.1. The van der Waals surface area contributed by atoms with E-state index < -0.39 is 0 Å². The Bertz CT molecular complexity index is 151. The lowest BCUT2D eigenvalue weighted by molar-refractivity contribution is 0.0698. The number of methoxy groups -OCH3 is 2. The van der Waals surface area contributed by atoms with Crippen LogP contribution in [0.3, 0.4) is 0 Å². The van der Waals surface area contributed by atoms with E-state index in [1.807, 2.05) is 0 Å². The van der Waals surface area contributed by atoms with E-state index >= 15 is 0 Å². The van der Waals surface area contributed by atoms with E-state index in [4.69, 9.17) is 9.47 Å². The Hall–Kier alpha value is -0.200. The van der Waals surface area contributed by atoms with Gasteiger partial charge in [0.05, 0.1) is 19.3 Å². The van der Waals surface area contributed by atoms with Gasteiger partial charge in [-0.05, 0) is 13.0 Å². The third-order valence-corrected chi connectivity index (χ3v) is 2.50. The summed E-state index contributed by atoms with van der Waals surface area (Å²) in [4.78, 5) is 2.16. The van der Waals surface area contributed by atoms with E-state index in [0.29, 0.717) is 26.3 Å². The molecule has 5 heteroatoms. The highest BCUT2D eigenvalue weighted by molar-refractivity contribution is 4.67. The minimum atomic E-state index is -0.338. The summed E-state index contributed by atoms with van der Waals surface area (Å²) in [5.41, 5.74) is 0. The number of hydrogen-bond donors (Lipinski definition) is 2. The predicted octanol–water partition coefficient (Wildman–Crippen LogP) is -0.0583. The number of ether oxygens (including phenoxy) is 2. The van der Waals surface area contributed by atoms with E-state index in [2.05, 4.69) is 17.1 Å². The maximum Gasteiger partial charge on any atom is 0.0791 e. The second-order valence-corrected chi connectivity index (χ2v) is 4.14. The third-order valence-electron chi connectivity index (χ3n) is 2.50. The number of nitrogens with one attached hydrogen (secondary N) is 1. The van der Waals surface area contributed by atoms with Crippen molar-refractivity contribution in [3.8, 4) is 0 Å². The van der Waals surface area contributed by atoms with Crippen LogP contribution in [0.2, 0.25) is 0 Å². The molecule has 0 radical (unpaired) electrons. The number of hydrogen-bond acceptors (Lipinski definition) is 5. The predicted molar refractivity (Wildman–Crippen MR) is 69.4 cm³/mol. The highest BCUT2D eigenvalue weighted by Crippen LogP contribution is 1.93. The van der Waals surface area contributed by atoms with Crippen molar-refractivity contribution in [2.45, 2.75) is 19.4 Å². The van der Waals surface area contributed by atoms with Crippen LogP contribution in [0.1, 0.15) is 13.3 Å². The lowest BCUT2D eigenvalue weighted by Gasteiger charge is -2.24. The van der Waals surface area contributed by atoms with Crippen LogP contribution in [0, 0.1) is 0 Å². The Kier molecular flexibility index (Phi) is 12.1. The molecule has 0 saturated carbocycles. The summed E-state index contributed by atoms with van der Waals surface area (Å²) in [6.07, 6.45) is 0.749. The average molecular weight is 248 g/mol. The number of nitrogens with zero attached hydrogens (tertiary/aromatic N) is 1. The van der Waals surface area contributed by atoms with Gasteiger partial charge in [0, 0.05) is 40.4 Å². The van der Waals surface area contributed by atoms with E-state index in [1.54, 1.807) is 14.2 Å². The normalized spacial score (nSPS) is 13.2. The first-order valence-electron chi connectivity index (χ1n) is 6.33. The Morgan fingerprint density at radius 3 is 2.24 bits per heavy atom. The SMILES string of the molecule is CCCNCC(O)CN(CCOC)CCOC. The minimum Gasteiger partial charge on any atom is -0.390 e. The summed E-state index contributed by atoms with van der Waals surface area (Å²) in [5, 5.41) is 13.1. The lowest BCUT2D eigenvalue weighted by atomic mass is 10.3. The molecule has 5 nitrogen and oxygen atoms in total. The molecule has 0 saturated heterocycles. The molecule has 0 spiro atoms. The fourth-order valence-electron chi connectivity index (χ4n) is 1.54. The molecule has 17 heavy (non-hydrogen) atoms. The van der Waals surface area contributed by atoms with Crippen LogP contribution >= 0.6 is 0 Å². The van der Waals surface area contributed by atoms with Gasteiger partial charge < -0.3 is 19.9 Å². The quantitative estimate of drug-likeness (QED) is 0.474. The first-order valence-corrected chi connectivity index (χ1v) is 6.33. The maximum atomic E-state index is 9.86. The van der Waals surface area contributed by atoms with Gasteiger partial charge >= 0.3 is 0 Å². The van der Waals surface area contributed by atoms with Gasteiger partial charge in [-0.1, -0.05) is 6.92 Å². The summed E-state index contributed by atoms with van der Waals surface area (Å²) in [6.45, 7) is 7.37. The van der Waals surface area contributed by atoms with Crippen LogP contribution in [0.25, 0.3) is 0 Å². The van der Waals surface area contributed by atoms with Crippen molar-refractivity contribution in [1.82, 2.24) is 10.2 Å². The first kappa shape index (κ1) is 16.8. The number of rotatable bonds is 12. The second-order valence-electron chi connectivity index (χ2n) is 4.14. The highest BCUT2D eigenvalue weighted by Gasteiger charge is 2.10. The van der Waals surface area contributed by atoms with Gasteiger partial charge in [-0.25, -0.2) is 0 Å². The summed E-state index contributed by atoms with van der Waals surface area (Å²) >= 11 is 0. The van der Waals surface area contributed by atoms with Crippen molar-refractivity contribution in [3.05, 3.63) is 0 Å². The molecule has 0 aliphatic carbocycles. The van der Waals surface area contributed by atoms with Crippen LogP contribution in [-0.4, -0.2) is 76.3 Å². The zero-order chi connectivity index (χ0) is 12.9. The zero-order valence-electron chi connectivity index (χ0n) is 11.4. The molecule has 2 N–H and O–H groups in total. The van der Waals surface area contributed by atoms with Crippen LogP contribution in [0.4, 0.5) is 0 Å². The Balaban J connectivity index is 3.76. The largest absolute Gasteiger partial charge is 0.390 e. The maximum absolute atomic E-state index is 9.86. The monoisotopic (exact) mass is 248 g/mol. The molecular formula is C12H28N2O3. The molecule has 104 valence electrons. The summed E-state index contributed by atoms with van der Waals surface area (Å²) in [7, 11) is 3.38. The fraction of sp³-hybridized carbons (Fsp3) is 1.00. The minimum absolute atomic E-state index is 0.338. The van der Waals surface area contributed by atoms with Crippen molar-refractivity contribution < 1.29 is 14.6 Å². The third kappa shape index (κ3) is 10.7. The molecule has 1 unspecified atom stereocenters. The van der Waals surface area contributed by atoms with Crippen LogP contribution in [-0.2, 0) is 9.47 Å².